The van der Waals surface area contributed by atoms with E-state index in [2.05, 4.69) is 5.32 Å². The van der Waals surface area contributed by atoms with Crippen molar-refractivity contribution in [1.82, 2.24) is 15.1 Å². The molecule has 7 nitrogen and oxygen atoms in total. The molecule has 0 aliphatic rings. The zero-order valence-electron chi connectivity index (χ0n) is 15.9. The van der Waals surface area contributed by atoms with E-state index in [-0.39, 0.29) is 24.9 Å². The molecule has 0 aliphatic carbocycles. The Morgan fingerprint density at radius 1 is 1.19 bits per heavy atom. The number of carbonyl (C=O) groups is 3. The van der Waals surface area contributed by atoms with Crippen molar-refractivity contribution in [2.24, 2.45) is 5.73 Å². The Morgan fingerprint density at radius 3 is 2.31 bits per heavy atom. The molecule has 0 saturated carbocycles. The highest BCUT2D eigenvalue weighted by molar-refractivity contribution is 5.87. The van der Waals surface area contributed by atoms with E-state index in [0.29, 0.717) is 5.56 Å². The van der Waals surface area contributed by atoms with E-state index in [1.807, 2.05) is 20.8 Å². The number of hydrogen-bond acceptors (Lipinski definition) is 4. The van der Waals surface area contributed by atoms with Crippen LogP contribution in [0.1, 0.15) is 32.4 Å². The van der Waals surface area contributed by atoms with Crippen LogP contribution in [-0.4, -0.2) is 60.2 Å². The Bertz CT molecular complexity index is 673. The second-order valence-corrected chi connectivity index (χ2v) is 7.32. The van der Waals surface area contributed by atoms with E-state index in [4.69, 9.17) is 5.73 Å². The number of rotatable bonds is 7. The normalized spacial score (nSPS) is 12.6. The Hall–Kier alpha value is -2.48. The topological polar surface area (TPSA) is 95.7 Å². The molecule has 1 atom stereocenters. The zero-order chi connectivity index (χ0) is 20.1. The van der Waals surface area contributed by atoms with Crippen molar-refractivity contribution in [3.05, 3.63) is 35.6 Å². The molecule has 1 rings (SSSR count). The molecule has 0 aromatic heterocycles. The third-order valence-electron chi connectivity index (χ3n) is 3.58. The highest BCUT2D eigenvalue weighted by Gasteiger charge is 2.26. The molecule has 0 bridgehead atoms. The Balaban J connectivity index is 2.76. The van der Waals surface area contributed by atoms with Gasteiger partial charge in [0, 0.05) is 12.6 Å². The number of nitrogens with one attached hydrogen (secondary N) is 1. The highest BCUT2D eigenvalue weighted by Crippen LogP contribution is 2.20. The molecule has 1 aromatic carbocycles. The van der Waals surface area contributed by atoms with Gasteiger partial charge in [-0.2, -0.15) is 0 Å². The number of hydrogen-bond donors (Lipinski definition) is 2. The van der Waals surface area contributed by atoms with Gasteiger partial charge in [0.1, 0.15) is 11.9 Å². The number of benzene rings is 1. The molecule has 144 valence electrons. The van der Waals surface area contributed by atoms with Crippen LogP contribution < -0.4 is 11.1 Å². The van der Waals surface area contributed by atoms with Crippen LogP contribution in [0.25, 0.3) is 0 Å². The van der Waals surface area contributed by atoms with Gasteiger partial charge in [-0.3, -0.25) is 19.3 Å². The van der Waals surface area contributed by atoms with Gasteiger partial charge in [0.15, 0.2) is 0 Å². The van der Waals surface area contributed by atoms with Gasteiger partial charge in [0.05, 0.1) is 13.1 Å². The quantitative estimate of drug-likeness (QED) is 0.741. The van der Waals surface area contributed by atoms with E-state index in [9.17, 15) is 18.8 Å². The van der Waals surface area contributed by atoms with Gasteiger partial charge in [0.25, 0.3) is 0 Å². The van der Waals surface area contributed by atoms with Crippen molar-refractivity contribution in [2.45, 2.75) is 32.4 Å². The summed E-state index contributed by atoms with van der Waals surface area (Å²) in [6.45, 7) is 5.28. The molecule has 3 amide bonds. The van der Waals surface area contributed by atoms with Crippen LogP contribution in [0, 0.1) is 5.82 Å². The first-order valence-corrected chi connectivity index (χ1v) is 8.20. The van der Waals surface area contributed by atoms with Crippen LogP contribution in [-0.2, 0) is 14.4 Å². The number of nitrogens with two attached hydrogens (primary N) is 1. The minimum absolute atomic E-state index is 0.106. The van der Waals surface area contributed by atoms with E-state index >= 15 is 0 Å². The average Bonchev–Trinajstić information content (AvgIpc) is 2.44. The summed E-state index contributed by atoms with van der Waals surface area (Å²) in [6, 6.07) is 4.55. The summed E-state index contributed by atoms with van der Waals surface area (Å²) in [7, 11) is 3.04. The molecule has 1 aromatic rings. The SMILES string of the molecule is CN(CC(=O)NC(C)(C)C)C(=O)CN(C)C(C(N)=O)c1cccc(F)c1. The lowest BCUT2D eigenvalue weighted by molar-refractivity contribution is -0.137. The predicted octanol–water partition coefficient (Wildman–Crippen LogP) is 0.657. The Labute approximate surface area is 153 Å². The van der Waals surface area contributed by atoms with E-state index < -0.39 is 23.3 Å². The summed E-state index contributed by atoms with van der Waals surface area (Å²) >= 11 is 0. The van der Waals surface area contributed by atoms with Crippen molar-refractivity contribution < 1.29 is 18.8 Å². The number of halogens is 1. The lowest BCUT2D eigenvalue weighted by Crippen LogP contribution is -2.48. The van der Waals surface area contributed by atoms with Gasteiger partial charge in [-0.05, 0) is 45.5 Å². The number of nitrogens with zero attached hydrogens (tertiary/aromatic N) is 2. The number of primary amides is 1. The average molecular weight is 366 g/mol. The van der Waals surface area contributed by atoms with Crippen LogP contribution in [0.15, 0.2) is 24.3 Å². The van der Waals surface area contributed by atoms with Crippen LogP contribution in [0.2, 0.25) is 0 Å². The molecule has 0 spiro atoms. The minimum Gasteiger partial charge on any atom is -0.368 e. The lowest BCUT2D eigenvalue weighted by Gasteiger charge is -2.28. The molecule has 0 radical (unpaired) electrons. The van der Waals surface area contributed by atoms with E-state index in [1.165, 1.54) is 35.0 Å². The van der Waals surface area contributed by atoms with Gasteiger partial charge in [-0.25, -0.2) is 4.39 Å². The van der Waals surface area contributed by atoms with Crippen LogP contribution in [0.5, 0.6) is 0 Å². The van der Waals surface area contributed by atoms with Gasteiger partial charge in [-0.15, -0.1) is 0 Å². The molecular weight excluding hydrogens is 339 g/mol. The van der Waals surface area contributed by atoms with Gasteiger partial charge in [0.2, 0.25) is 17.7 Å². The Morgan fingerprint density at radius 2 is 1.81 bits per heavy atom. The second kappa shape index (κ2) is 8.75. The summed E-state index contributed by atoms with van der Waals surface area (Å²) in [6.07, 6.45) is 0. The predicted molar refractivity (Wildman–Crippen MR) is 96.5 cm³/mol. The minimum atomic E-state index is -0.952. The van der Waals surface area contributed by atoms with Crippen molar-refractivity contribution in [3.63, 3.8) is 0 Å². The fraction of sp³-hybridized carbons (Fsp3) is 0.500. The van der Waals surface area contributed by atoms with E-state index in [0.717, 1.165) is 0 Å². The lowest BCUT2D eigenvalue weighted by atomic mass is 10.0. The highest BCUT2D eigenvalue weighted by atomic mass is 19.1. The van der Waals surface area contributed by atoms with Crippen molar-refractivity contribution in [1.29, 1.82) is 0 Å². The third kappa shape index (κ3) is 6.79. The fourth-order valence-electron chi connectivity index (χ4n) is 2.50. The van der Waals surface area contributed by atoms with Crippen molar-refractivity contribution in [3.8, 4) is 0 Å². The first kappa shape index (κ1) is 21.6. The maximum Gasteiger partial charge on any atom is 0.240 e. The summed E-state index contributed by atoms with van der Waals surface area (Å²) in [5.41, 5.74) is 5.39. The molecule has 0 aliphatic heterocycles. The van der Waals surface area contributed by atoms with Gasteiger partial charge in [-0.1, -0.05) is 12.1 Å². The molecule has 26 heavy (non-hydrogen) atoms. The molecular formula is C18H27FN4O3. The number of likely N-dealkylation sites (N-methyl/N-ethyl adjacent to an activating group) is 2. The zero-order valence-corrected chi connectivity index (χ0v) is 15.9. The summed E-state index contributed by atoms with van der Waals surface area (Å²) < 4.78 is 13.4. The summed E-state index contributed by atoms with van der Waals surface area (Å²) in [5.74, 6) is -1.84. The molecule has 0 heterocycles. The second-order valence-electron chi connectivity index (χ2n) is 7.32. The molecule has 0 fully saturated rings. The van der Waals surface area contributed by atoms with Crippen LogP contribution in [0.4, 0.5) is 4.39 Å². The first-order valence-electron chi connectivity index (χ1n) is 8.20. The molecule has 8 heteroatoms. The number of carbonyl (C=O) groups excluding carboxylic acids is 3. The van der Waals surface area contributed by atoms with Gasteiger partial charge >= 0.3 is 0 Å². The summed E-state index contributed by atoms with van der Waals surface area (Å²) in [4.78, 5) is 38.8. The molecule has 1 unspecified atom stereocenters. The van der Waals surface area contributed by atoms with Crippen LogP contribution in [0.3, 0.4) is 0 Å². The van der Waals surface area contributed by atoms with E-state index in [1.54, 1.807) is 13.1 Å². The van der Waals surface area contributed by atoms with Gasteiger partial charge < -0.3 is 16.0 Å². The van der Waals surface area contributed by atoms with Crippen molar-refractivity contribution in [2.75, 3.05) is 27.2 Å². The largest absolute Gasteiger partial charge is 0.368 e. The first-order chi connectivity index (χ1) is 11.9. The maximum absolute atomic E-state index is 13.4. The third-order valence-corrected chi connectivity index (χ3v) is 3.58. The number of amides is 3. The monoisotopic (exact) mass is 366 g/mol. The van der Waals surface area contributed by atoms with Crippen molar-refractivity contribution >= 4 is 17.7 Å². The maximum atomic E-state index is 13.4. The molecule has 3 N–H and O–H groups in total. The molecule has 0 saturated heterocycles. The summed E-state index contributed by atoms with van der Waals surface area (Å²) in [5, 5.41) is 2.77. The smallest absolute Gasteiger partial charge is 0.240 e. The van der Waals surface area contributed by atoms with Crippen LogP contribution >= 0.6 is 0 Å². The standard InChI is InChI=1S/C18H27FN4O3/c1-18(2,3)21-14(24)10-22(4)15(25)11-23(5)16(17(20)26)12-7-6-8-13(19)9-12/h6-9,16H,10-11H2,1-5H3,(H2,20,26)(H,21,24). The fourth-order valence-corrected chi connectivity index (χ4v) is 2.50. The Kier molecular flexibility index (Phi) is 7.26.